The van der Waals surface area contributed by atoms with Crippen LogP contribution in [0.5, 0.6) is 11.5 Å². The number of hydrogen-bond donors (Lipinski definition) is 2. The van der Waals surface area contributed by atoms with Gasteiger partial charge in [-0.2, -0.15) is 0 Å². The van der Waals surface area contributed by atoms with Gasteiger partial charge in [0, 0.05) is 12.1 Å². The molecule has 0 spiro atoms. The van der Waals surface area contributed by atoms with Crippen LogP contribution in [0.4, 0.5) is 0 Å². The van der Waals surface area contributed by atoms with Gasteiger partial charge in [0.25, 0.3) is 0 Å². The molecule has 2 aliphatic rings. The minimum atomic E-state index is -0.852. The van der Waals surface area contributed by atoms with Crippen molar-refractivity contribution >= 4 is 0 Å². The first-order chi connectivity index (χ1) is 9.16. The molecule has 2 fully saturated rings. The minimum absolute atomic E-state index is 0.401. The summed E-state index contributed by atoms with van der Waals surface area (Å²) in [6.07, 6.45) is 3.73. The van der Waals surface area contributed by atoms with E-state index in [1.54, 1.807) is 14.2 Å². The van der Waals surface area contributed by atoms with Crippen LogP contribution in [0.15, 0.2) is 18.2 Å². The summed E-state index contributed by atoms with van der Waals surface area (Å²) in [6.45, 7) is 0. The lowest BCUT2D eigenvalue weighted by Gasteiger charge is -2.38. The number of methoxy groups -OCH3 is 2. The number of fused-ring (bicyclic) bond motifs is 2. The Labute approximate surface area is 113 Å². The van der Waals surface area contributed by atoms with Gasteiger partial charge in [-0.25, -0.2) is 0 Å². The van der Waals surface area contributed by atoms with E-state index in [2.05, 4.69) is 5.32 Å². The molecule has 2 N–H and O–H groups in total. The first kappa shape index (κ1) is 12.8. The molecule has 0 amide bonds. The topological polar surface area (TPSA) is 50.7 Å². The zero-order valence-electron chi connectivity index (χ0n) is 11.5. The van der Waals surface area contributed by atoms with Gasteiger partial charge in [0.2, 0.25) is 0 Å². The van der Waals surface area contributed by atoms with E-state index < -0.39 is 5.60 Å². The largest absolute Gasteiger partial charge is 0.496 e. The molecule has 1 aromatic carbocycles. The lowest BCUT2D eigenvalue weighted by atomic mass is 9.80. The average Bonchev–Trinajstić information content (AvgIpc) is 2.77. The summed E-state index contributed by atoms with van der Waals surface area (Å²) in [5.74, 6) is 1.42. The average molecular weight is 263 g/mol. The molecule has 0 radical (unpaired) electrons. The van der Waals surface area contributed by atoms with Crippen LogP contribution < -0.4 is 14.8 Å². The number of aliphatic hydroxyl groups is 1. The van der Waals surface area contributed by atoms with Gasteiger partial charge in [-0.1, -0.05) is 6.07 Å². The Hall–Kier alpha value is -1.26. The summed E-state index contributed by atoms with van der Waals surface area (Å²) in [4.78, 5) is 0. The van der Waals surface area contributed by atoms with Crippen molar-refractivity contribution in [2.24, 2.45) is 0 Å². The molecular weight excluding hydrogens is 242 g/mol. The van der Waals surface area contributed by atoms with Crippen LogP contribution in [0.3, 0.4) is 0 Å². The zero-order chi connectivity index (χ0) is 13.5. The lowest BCUT2D eigenvalue weighted by Crippen LogP contribution is -2.46. The normalized spacial score (nSPS) is 33.2. The van der Waals surface area contributed by atoms with Crippen molar-refractivity contribution in [3.8, 4) is 11.5 Å². The smallest absolute Gasteiger partial charge is 0.128 e. The predicted octanol–water partition coefficient (Wildman–Crippen LogP) is 1.81. The highest BCUT2D eigenvalue weighted by atomic mass is 16.5. The van der Waals surface area contributed by atoms with Crippen LogP contribution in [0.1, 0.15) is 31.2 Å². The summed E-state index contributed by atoms with van der Waals surface area (Å²) in [5.41, 5.74) is -0.0481. The van der Waals surface area contributed by atoms with Crippen LogP contribution in [-0.2, 0) is 5.60 Å². The molecule has 4 heteroatoms. The molecule has 0 saturated carbocycles. The number of nitrogens with one attached hydrogen (secondary N) is 1. The van der Waals surface area contributed by atoms with Crippen molar-refractivity contribution < 1.29 is 14.6 Å². The van der Waals surface area contributed by atoms with Crippen molar-refractivity contribution in [1.29, 1.82) is 0 Å². The number of piperidine rings is 1. The molecule has 2 saturated heterocycles. The van der Waals surface area contributed by atoms with E-state index in [0.29, 0.717) is 23.6 Å². The number of hydrogen-bond acceptors (Lipinski definition) is 4. The second kappa shape index (κ2) is 4.69. The number of benzene rings is 1. The second-order valence-electron chi connectivity index (χ2n) is 5.62. The van der Waals surface area contributed by atoms with E-state index in [9.17, 15) is 5.11 Å². The monoisotopic (exact) mass is 263 g/mol. The van der Waals surface area contributed by atoms with Gasteiger partial charge in [0.1, 0.15) is 11.5 Å². The van der Waals surface area contributed by atoms with Crippen LogP contribution in [0.2, 0.25) is 0 Å². The molecule has 2 aliphatic heterocycles. The summed E-state index contributed by atoms with van der Waals surface area (Å²) in [7, 11) is 3.27. The van der Waals surface area contributed by atoms with Crippen molar-refractivity contribution in [2.45, 2.75) is 43.4 Å². The van der Waals surface area contributed by atoms with Gasteiger partial charge < -0.3 is 19.9 Å². The SMILES string of the molecule is COc1cccc(OC)c1C1(O)CC2CCC(C1)N2. The quantitative estimate of drug-likeness (QED) is 0.873. The first-order valence-corrected chi connectivity index (χ1v) is 6.86. The maximum absolute atomic E-state index is 11.1. The van der Waals surface area contributed by atoms with Crippen LogP contribution in [0.25, 0.3) is 0 Å². The summed E-state index contributed by atoms with van der Waals surface area (Å²) >= 11 is 0. The Kier molecular flexibility index (Phi) is 3.15. The van der Waals surface area contributed by atoms with Gasteiger partial charge >= 0.3 is 0 Å². The Morgan fingerprint density at radius 3 is 2.11 bits per heavy atom. The van der Waals surface area contributed by atoms with E-state index in [1.165, 1.54) is 0 Å². The number of ether oxygens (including phenoxy) is 2. The molecule has 2 unspecified atom stereocenters. The Bertz CT molecular complexity index is 440. The van der Waals surface area contributed by atoms with Crippen LogP contribution in [0, 0.1) is 0 Å². The molecule has 2 heterocycles. The van der Waals surface area contributed by atoms with E-state index >= 15 is 0 Å². The fourth-order valence-electron chi connectivity index (χ4n) is 3.64. The molecule has 19 heavy (non-hydrogen) atoms. The first-order valence-electron chi connectivity index (χ1n) is 6.86. The summed E-state index contributed by atoms with van der Waals surface area (Å²) in [5, 5.41) is 14.7. The minimum Gasteiger partial charge on any atom is -0.496 e. The van der Waals surface area contributed by atoms with Crippen molar-refractivity contribution in [2.75, 3.05) is 14.2 Å². The van der Waals surface area contributed by atoms with Crippen LogP contribution >= 0.6 is 0 Å². The maximum Gasteiger partial charge on any atom is 0.128 e. The molecule has 4 nitrogen and oxygen atoms in total. The Morgan fingerprint density at radius 1 is 1.11 bits per heavy atom. The highest BCUT2D eigenvalue weighted by Gasteiger charge is 2.46. The van der Waals surface area contributed by atoms with Crippen LogP contribution in [-0.4, -0.2) is 31.4 Å². The summed E-state index contributed by atoms with van der Waals surface area (Å²) < 4.78 is 10.9. The third-order valence-corrected chi connectivity index (χ3v) is 4.40. The highest BCUT2D eigenvalue weighted by Crippen LogP contribution is 2.47. The van der Waals surface area contributed by atoms with Gasteiger partial charge in [-0.05, 0) is 37.8 Å². The molecule has 0 aliphatic carbocycles. The molecule has 3 rings (SSSR count). The van der Waals surface area contributed by atoms with E-state index in [1.807, 2.05) is 18.2 Å². The lowest BCUT2D eigenvalue weighted by molar-refractivity contribution is -0.0150. The van der Waals surface area contributed by atoms with Crippen molar-refractivity contribution in [3.05, 3.63) is 23.8 Å². The third-order valence-electron chi connectivity index (χ3n) is 4.40. The standard InChI is InChI=1S/C15H21NO3/c1-18-12-4-3-5-13(19-2)14(12)15(17)8-10-6-7-11(9-15)16-10/h3-5,10-11,16-17H,6-9H2,1-2H3. The van der Waals surface area contributed by atoms with E-state index in [4.69, 9.17) is 9.47 Å². The van der Waals surface area contributed by atoms with Gasteiger partial charge in [-0.3, -0.25) is 0 Å². The predicted molar refractivity (Wildman–Crippen MR) is 72.6 cm³/mol. The highest BCUT2D eigenvalue weighted by molar-refractivity contribution is 5.49. The molecular formula is C15H21NO3. The summed E-state index contributed by atoms with van der Waals surface area (Å²) in [6, 6.07) is 6.47. The van der Waals surface area contributed by atoms with E-state index in [0.717, 1.165) is 31.2 Å². The van der Waals surface area contributed by atoms with Gasteiger partial charge in [-0.15, -0.1) is 0 Å². The fraction of sp³-hybridized carbons (Fsp3) is 0.600. The Morgan fingerprint density at radius 2 is 1.63 bits per heavy atom. The van der Waals surface area contributed by atoms with Gasteiger partial charge in [0.15, 0.2) is 0 Å². The van der Waals surface area contributed by atoms with Crippen molar-refractivity contribution in [1.82, 2.24) is 5.32 Å². The zero-order valence-corrected chi connectivity index (χ0v) is 11.5. The van der Waals surface area contributed by atoms with Crippen molar-refractivity contribution in [3.63, 3.8) is 0 Å². The molecule has 104 valence electrons. The third kappa shape index (κ3) is 2.09. The molecule has 1 aromatic rings. The number of rotatable bonds is 3. The Balaban J connectivity index is 2.05. The second-order valence-corrected chi connectivity index (χ2v) is 5.62. The van der Waals surface area contributed by atoms with E-state index in [-0.39, 0.29) is 0 Å². The fourth-order valence-corrected chi connectivity index (χ4v) is 3.64. The molecule has 2 atom stereocenters. The van der Waals surface area contributed by atoms with Gasteiger partial charge in [0.05, 0.1) is 25.4 Å². The maximum atomic E-state index is 11.1. The molecule has 0 aromatic heterocycles. The molecule has 2 bridgehead atoms.